The van der Waals surface area contributed by atoms with Gasteiger partial charge in [-0.15, -0.1) is 3.89 Å². The van der Waals surface area contributed by atoms with Crippen LogP contribution in [0.15, 0.2) is 0 Å². The predicted molar refractivity (Wildman–Crippen MR) is 68.3 cm³/mol. The van der Waals surface area contributed by atoms with E-state index in [4.69, 9.17) is 0 Å². The van der Waals surface area contributed by atoms with E-state index in [-0.39, 0.29) is 18.2 Å². The zero-order valence-electron chi connectivity index (χ0n) is 10.9. The summed E-state index contributed by atoms with van der Waals surface area (Å²) in [6.45, 7) is 3.20. The second-order valence-corrected chi connectivity index (χ2v) is 6.44. The lowest BCUT2D eigenvalue weighted by Crippen LogP contribution is -2.27. The summed E-state index contributed by atoms with van der Waals surface area (Å²) in [5, 5.41) is 0. The van der Waals surface area contributed by atoms with Crippen LogP contribution in [-0.2, 0) is 15.0 Å². The second-order valence-electron chi connectivity index (χ2n) is 5.03. The van der Waals surface area contributed by atoms with E-state index in [0.29, 0.717) is 13.1 Å². The number of nitrogens with zero attached hydrogens (tertiary/aromatic N) is 1. The highest BCUT2D eigenvalue weighted by atomic mass is 32.3. The molecule has 0 aromatic heterocycles. The van der Waals surface area contributed by atoms with E-state index in [1.54, 1.807) is 4.90 Å². The third-order valence-corrected chi connectivity index (χ3v) is 4.13. The Morgan fingerprint density at radius 1 is 1.28 bits per heavy atom. The molecule has 0 N–H and O–H groups in total. The summed E-state index contributed by atoms with van der Waals surface area (Å²) >= 11 is 0. The van der Waals surface area contributed by atoms with Gasteiger partial charge in [-0.2, -0.15) is 8.42 Å². The van der Waals surface area contributed by atoms with Crippen molar-refractivity contribution in [3.63, 3.8) is 0 Å². The second kappa shape index (κ2) is 7.07. The van der Waals surface area contributed by atoms with E-state index in [1.807, 2.05) is 0 Å². The van der Waals surface area contributed by atoms with Crippen LogP contribution in [0.4, 0.5) is 3.89 Å². The van der Waals surface area contributed by atoms with Crippen molar-refractivity contribution in [2.75, 3.05) is 18.8 Å². The summed E-state index contributed by atoms with van der Waals surface area (Å²) in [5.74, 6) is -0.937. The molecule has 0 saturated carbocycles. The number of unbranched alkanes of at least 4 members (excludes halogenated alkanes) is 4. The fraction of sp³-hybridized carbons (Fsp3) is 0.917. The Balaban J connectivity index is 2.25. The summed E-state index contributed by atoms with van der Waals surface area (Å²) < 4.78 is 33.6. The first kappa shape index (κ1) is 15.4. The lowest BCUT2D eigenvalue weighted by molar-refractivity contribution is -0.127. The molecule has 0 aliphatic carbocycles. The standard InChI is InChI=1S/C12H22FNO3S/c1-2-3-4-5-6-7-14-9-11(8-12(14)15)10-18(13,16)17/h11H,2-10H2,1H3. The van der Waals surface area contributed by atoms with Crippen LogP contribution < -0.4 is 0 Å². The fourth-order valence-electron chi connectivity index (χ4n) is 2.37. The minimum Gasteiger partial charge on any atom is -0.342 e. The van der Waals surface area contributed by atoms with Gasteiger partial charge in [0.2, 0.25) is 5.91 Å². The molecule has 0 aromatic carbocycles. The predicted octanol–water partition coefficient (Wildman–Crippen LogP) is 2.10. The molecule has 1 atom stereocenters. The van der Waals surface area contributed by atoms with Gasteiger partial charge in [-0.25, -0.2) is 0 Å². The van der Waals surface area contributed by atoms with Crippen molar-refractivity contribution < 1.29 is 17.1 Å². The summed E-state index contributed by atoms with van der Waals surface area (Å²) in [7, 11) is -4.47. The average Bonchev–Trinajstić information content (AvgIpc) is 2.56. The Kier molecular flexibility index (Phi) is 6.05. The topological polar surface area (TPSA) is 54.5 Å². The molecular weight excluding hydrogens is 257 g/mol. The number of carbonyl (C=O) groups is 1. The van der Waals surface area contributed by atoms with E-state index in [9.17, 15) is 17.1 Å². The molecule has 1 rings (SSSR count). The highest BCUT2D eigenvalue weighted by Crippen LogP contribution is 2.20. The van der Waals surface area contributed by atoms with Crippen LogP contribution in [0.1, 0.15) is 45.4 Å². The van der Waals surface area contributed by atoms with Gasteiger partial charge in [0, 0.05) is 25.4 Å². The molecule has 0 aromatic rings. The van der Waals surface area contributed by atoms with Crippen molar-refractivity contribution >= 4 is 16.1 Å². The molecule has 6 heteroatoms. The lowest BCUT2D eigenvalue weighted by Gasteiger charge is -2.16. The van der Waals surface area contributed by atoms with Crippen molar-refractivity contribution in [2.45, 2.75) is 45.4 Å². The van der Waals surface area contributed by atoms with Crippen molar-refractivity contribution in [2.24, 2.45) is 5.92 Å². The molecule has 1 aliphatic heterocycles. The van der Waals surface area contributed by atoms with Crippen LogP contribution in [0.25, 0.3) is 0 Å². The van der Waals surface area contributed by atoms with Crippen LogP contribution in [-0.4, -0.2) is 38.1 Å². The number of rotatable bonds is 8. The highest BCUT2D eigenvalue weighted by molar-refractivity contribution is 7.86. The molecule has 0 spiro atoms. The number of hydrogen-bond acceptors (Lipinski definition) is 3. The molecule has 18 heavy (non-hydrogen) atoms. The molecule has 1 unspecified atom stereocenters. The molecule has 0 bridgehead atoms. The largest absolute Gasteiger partial charge is 0.342 e. The molecule has 0 radical (unpaired) electrons. The van der Waals surface area contributed by atoms with Crippen molar-refractivity contribution in [1.82, 2.24) is 4.90 Å². The maximum Gasteiger partial charge on any atom is 0.302 e. The van der Waals surface area contributed by atoms with E-state index < -0.39 is 16.0 Å². The molecule has 4 nitrogen and oxygen atoms in total. The number of amides is 1. The lowest BCUT2D eigenvalue weighted by atomic mass is 10.1. The van der Waals surface area contributed by atoms with Crippen LogP contribution >= 0.6 is 0 Å². The smallest absolute Gasteiger partial charge is 0.302 e. The van der Waals surface area contributed by atoms with Gasteiger partial charge in [-0.1, -0.05) is 32.6 Å². The maximum absolute atomic E-state index is 12.5. The van der Waals surface area contributed by atoms with Gasteiger partial charge in [-0.05, 0) is 6.42 Å². The first-order chi connectivity index (χ1) is 8.42. The van der Waals surface area contributed by atoms with E-state index in [2.05, 4.69) is 6.92 Å². The molecule has 106 valence electrons. The number of halogens is 1. The number of carbonyl (C=O) groups excluding carboxylic acids is 1. The minimum absolute atomic E-state index is 0.0425. The van der Waals surface area contributed by atoms with Crippen molar-refractivity contribution in [3.8, 4) is 0 Å². The molecule has 1 fully saturated rings. The van der Waals surface area contributed by atoms with Gasteiger partial charge in [0.1, 0.15) is 0 Å². The van der Waals surface area contributed by atoms with E-state index >= 15 is 0 Å². The normalized spacial score (nSPS) is 20.7. The van der Waals surface area contributed by atoms with Gasteiger partial charge < -0.3 is 4.90 Å². The van der Waals surface area contributed by atoms with E-state index in [1.165, 1.54) is 19.3 Å². The minimum atomic E-state index is -4.47. The summed E-state index contributed by atoms with van der Waals surface area (Å²) in [4.78, 5) is 13.3. The quantitative estimate of drug-likeness (QED) is 0.505. The average molecular weight is 279 g/mol. The summed E-state index contributed by atoms with van der Waals surface area (Å²) in [6, 6.07) is 0. The zero-order valence-corrected chi connectivity index (χ0v) is 11.7. The molecular formula is C12H22FNO3S. The van der Waals surface area contributed by atoms with Crippen LogP contribution in [0, 0.1) is 5.92 Å². The van der Waals surface area contributed by atoms with Crippen LogP contribution in [0.3, 0.4) is 0 Å². The number of likely N-dealkylation sites (tertiary alicyclic amines) is 1. The Hall–Kier alpha value is -0.650. The van der Waals surface area contributed by atoms with Gasteiger partial charge in [0.25, 0.3) is 0 Å². The third kappa shape index (κ3) is 5.80. The Morgan fingerprint density at radius 2 is 1.94 bits per heavy atom. The van der Waals surface area contributed by atoms with Gasteiger partial charge in [0.05, 0.1) is 5.75 Å². The summed E-state index contributed by atoms with van der Waals surface area (Å²) in [6.07, 6.45) is 5.75. The highest BCUT2D eigenvalue weighted by Gasteiger charge is 2.32. The van der Waals surface area contributed by atoms with E-state index in [0.717, 1.165) is 12.8 Å². The third-order valence-electron chi connectivity index (χ3n) is 3.26. The molecule has 1 amide bonds. The van der Waals surface area contributed by atoms with Crippen LogP contribution in [0.2, 0.25) is 0 Å². The monoisotopic (exact) mass is 279 g/mol. The first-order valence-electron chi connectivity index (χ1n) is 6.62. The Bertz CT molecular complexity index is 370. The maximum atomic E-state index is 12.5. The van der Waals surface area contributed by atoms with Crippen molar-refractivity contribution in [1.29, 1.82) is 0 Å². The SMILES string of the molecule is CCCCCCCN1CC(CS(=O)(=O)F)CC1=O. The first-order valence-corrected chi connectivity index (χ1v) is 8.17. The van der Waals surface area contributed by atoms with Crippen LogP contribution in [0.5, 0.6) is 0 Å². The molecule has 1 aliphatic rings. The Labute approximate surface area is 109 Å². The van der Waals surface area contributed by atoms with Gasteiger partial charge in [0.15, 0.2) is 0 Å². The summed E-state index contributed by atoms with van der Waals surface area (Å²) in [5.41, 5.74) is 0. The number of hydrogen-bond donors (Lipinski definition) is 0. The fourth-order valence-corrected chi connectivity index (χ4v) is 3.16. The Morgan fingerprint density at radius 3 is 2.56 bits per heavy atom. The van der Waals surface area contributed by atoms with Gasteiger partial charge >= 0.3 is 10.2 Å². The molecule has 1 heterocycles. The van der Waals surface area contributed by atoms with Gasteiger partial charge in [-0.3, -0.25) is 4.79 Å². The molecule has 1 saturated heterocycles. The van der Waals surface area contributed by atoms with Crippen molar-refractivity contribution in [3.05, 3.63) is 0 Å². The zero-order chi connectivity index (χ0) is 13.6.